The smallest absolute Gasteiger partial charge is 0.173 e. The molecule has 1 aliphatic carbocycles. The van der Waals surface area contributed by atoms with Crippen LogP contribution in [-0.4, -0.2) is 16.1 Å². The lowest BCUT2D eigenvalue weighted by Gasteiger charge is -2.32. The quantitative estimate of drug-likeness (QED) is 0.745. The van der Waals surface area contributed by atoms with E-state index >= 15 is 0 Å². The first kappa shape index (κ1) is 17.0. The number of anilines is 1. The molecule has 0 bridgehead atoms. The van der Waals surface area contributed by atoms with E-state index in [9.17, 15) is 0 Å². The number of nitrogens with zero attached hydrogens (tertiary/aromatic N) is 1. The number of nitrogens with one attached hydrogen (secondary N) is 1. The van der Waals surface area contributed by atoms with Crippen molar-refractivity contribution in [2.45, 2.75) is 46.2 Å². The Kier molecular flexibility index (Phi) is 5.20. The van der Waals surface area contributed by atoms with Crippen LogP contribution < -0.4 is 5.32 Å². The molecule has 1 atom stereocenters. The number of hydrogen-bond acceptors (Lipinski definition) is 1. The summed E-state index contributed by atoms with van der Waals surface area (Å²) >= 11 is 5.78. The number of hydrogen-bond donors (Lipinski definition) is 1. The summed E-state index contributed by atoms with van der Waals surface area (Å²) in [6.45, 7) is 7.40. The maximum Gasteiger partial charge on any atom is 0.173 e. The van der Waals surface area contributed by atoms with Crippen LogP contribution in [0.3, 0.4) is 0 Å². The predicted molar refractivity (Wildman–Crippen MR) is 106 cm³/mol. The Balaban J connectivity index is 1.77. The van der Waals surface area contributed by atoms with Crippen molar-refractivity contribution in [3.63, 3.8) is 0 Å². The van der Waals surface area contributed by atoms with Crippen LogP contribution in [0.15, 0.2) is 48.5 Å². The van der Waals surface area contributed by atoms with Gasteiger partial charge in [-0.05, 0) is 80.6 Å². The average Bonchev–Trinajstić information content (AvgIpc) is 3.36. The van der Waals surface area contributed by atoms with Crippen LogP contribution in [0.2, 0.25) is 0 Å². The van der Waals surface area contributed by atoms with Crippen LogP contribution in [0.4, 0.5) is 5.69 Å². The van der Waals surface area contributed by atoms with Gasteiger partial charge in [0.15, 0.2) is 5.11 Å². The molecule has 0 unspecified atom stereocenters. The van der Waals surface area contributed by atoms with E-state index in [1.165, 1.54) is 29.5 Å². The molecule has 1 aliphatic rings. The molecule has 2 nitrogen and oxygen atoms in total. The van der Waals surface area contributed by atoms with Gasteiger partial charge in [0.1, 0.15) is 0 Å². The molecule has 0 spiro atoms. The van der Waals surface area contributed by atoms with Crippen molar-refractivity contribution in [2.75, 3.05) is 5.32 Å². The maximum atomic E-state index is 5.78. The highest BCUT2D eigenvalue weighted by Gasteiger charge is 2.33. The zero-order chi connectivity index (χ0) is 17.1. The first-order valence-corrected chi connectivity index (χ1v) is 9.13. The van der Waals surface area contributed by atoms with E-state index in [0.29, 0.717) is 6.04 Å². The topological polar surface area (TPSA) is 15.3 Å². The molecule has 1 N–H and O–H groups in total. The van der Waals surface area contributed by atoms with E-state index < -0.39 is 0 Å². The van der Waals surface area contributed by atoms with Crippen LogP contribution >= 0.6 is 12.2 Å². The van der Waals surface area contributed by atoms with Gasteiger partial charge in [-0.25, -0.2) is 0 Å². The zero-order valence-corrected chi connectivity index (χ0v) is 15.6. The van der Waals surface area contributed by atoms with E-state index in [1.54, 1.807) is 0 Å². The minimum absolute atomic E-state index is 0.469. The third-order valence-electron chi connectivity index (χ3n) is 4.73. The van der Waals surface area contributed by atoms with Gasteiger partial charge in [0, 0.05) is 18.3 Å². The Morgan fingerprint density at radius 2 is 1.75 bits per heavy atom. The second-order valence-electron chi connectivity index (χ2n) is 7.00. The Bertz CT molecular complexity index is 687. The fraction of sp³-hybridized carbons (Fsp3) is 0.381. The molecule has 0 heterocycles. The largest absolute Gasteiger partial charge is 0.342 e. The molecular weight excluding hydrogens is 312 g/mol. The monoisotopic (exact) mass is 338 g/mol. The van der Waals surface area contributed by atoms with E-state index in [4.69, 9.17) is 12.2 Å². The number of benzene rings is 2. The number of aryl methyl sites for hydroxylation is 2. The van der Waals surface area contributed by atoms with Crippen molar-refractivity contribution in [3.05, 3.63) is 65.2 Å². The van der Waals surface area contributed by atoms with Crippen molar-refractivity contribution in [1.82, 2.24) is 4.90 Å². The number of thiocarbonyl (C=S) groups is 1. The van der Waals surface area contributed by atoms with Gasteiger partial charge >= 0.3 is 0 Å². The van der Waals surface area contributed by atoms with Crippen LogP contribution in [0, 0.1) is 19.8 Å². The molecule has 0 aliphatic heterocycles. The summed E-state index contributed by atoms with van der Waals surface area (Å²) in [5.41, 5.74) is 4.89. The highest BCUT2D eigenvalue weighted by molar-refractivity contribution is 7.80. The summed E-state index contributed by atoms with van der Waals surface area (Å²) < 4.78 is 0. The van der Waals surface area contributed by atoms with Crippen molar-refractivity contribution < 1.29 is 0 Å². The second kappa shape index (κ2) is 7.35. The fourth-order valence-electron chi connectivity index (χ4n) is 3.26. The summed E-state index contributed by atoms with van der Waals surface area (Å²) in [6, 6.07) is 17.6. The number of rotatable bonds is 5. The van der Waals surface area contributed by atoms with Crippen molar-refractivity contribution in [3.8, 4) is 0 Å². The predicted octanol–water partition coefficient (Wildman–Crippen LogP) is 5.30. The van der Waals surface area contributed by atoms with Crippen LogP contribution in [0.25, 0.3) is 0 Å². The summed E-state index contributed by atoms with van der Waals surface area (Å²) in [6.07, 6.45) is 2.64. The summed E-state index contributed by atoms with van der Waals surface area (Å²) in [4.78, 5) is 2.35. The van der Waals surface area contributed by atoms with Gasteiger partial charge in [0.2, 0.25) is 0 Å². The van der Waals surface area contributed by atoms with Crippen LogP contribution in [-0.2, 0) is 6.54 Å². The molecule has 0 saturated heterocycles. The highest BCUT2D eigenvalue weighted by Crippen LogP contribution is 2.36. The molecule has 2 aromatic carbocycles. The minimum Gasteiger partial charge on any atom is -0.342 e. The molecule has 0 radical (unpaired) electrons. The van der Waals surface area contributed by atoms with Gasteiger partial charge in [-0.2, -0.15) is 0 Å². The Morgan fingerprint density at radius 1 is 1.12 bits per heavy atom. The Labute approximate surface area is 150 Å². The third-order valence-corrected chi connectivity index (χ3v) is 5.06. The average molecular weight is 339 g/mol. The molecule has 1 fully saturated rings. The summed E-state index contributed by atoms with van der Waals surface area (Å²) in [5, 5.41) is 4.29. The van der Waals surface area contributed by atoms with Crippen molar-refractivity contribution in [1.29, 1.82) is 0 Å². The SMILES string of the molecule is Cc1cc(C)cc(NC(=S)N(Cc2ccccc2)[C@H](C)C2CC2)c1. The molecule has 2 aromatic rings. The van der Waals surface area contributed by atoms with Gasteiger partial charge in [-0.1, -0.05) is 36.4 Å². The molecule has 3 rings (SSSR count). The van der Waals surface area contributed by atoms with E-state index in [-0.39, 0.29) is 0 Å². The highest BCUT2D eigenvalue weighted by atomic mass is 32.1. The van der Waals surface area contributed by atoms with E-state index in [0.717, 1.165) is 23.3 Å². The van der Waals surface area contributed by atoms with Gasteiger partial charge in [-0.15, -0.1) is 0 Å². The fourth-order valence-corrected chi connectivity index (χ4v) is 3.60. The lowest BCUT2D eigenvalue weighted by atomic mass is 10.1. The lowest BCUT2D eigenvalue weighted by Crippen LogP contribution is -2.41. The normalized spacial score (nSPS) is 15.0. The van der Waals surface area contributed by atoms with Gasteiger partial charge in [-0.3, -0.25) is 0 Å². The summed E-state index contributed by atoms with van der Waals surface area (Å²) in [5.74, 6) is 0.771. The molecular formula is C21H26N2S. The minimum atomic E-state index is 0.469. The van der Waals surface area contributed by atoms with Crippen molar-refractivity contribution in [2.24, 2.45) is 5.92 Å². The standard InChI is InChI=1S/C21H26N2S/c1-15-11-16(2)13-20(12-15)22-21(24)23(17(3)19-9-10-19)14-18-7-5-4-6-8-18/h4-8,11-13,17,19H,9-10,14H2,1-3H3,(H,22,24)/t17-/m1/s1. The van der Waals surface area contributed by atoms with E-state index in [1.807, 2.05) is 0 Å². The molecule has 24 heavy (non-hydrogen) atoms. The van der Waals surface area contributed by atoms with E-state index in [2.05, 4.69) is 79.5 Å². The molecule has 0 aromatic heterocycles. The molecule has 3 heteroatoms. The molecule has 126 valence electrons. The third kappa shape index (κ3) is 4.35. The van der Waals surface area contributed by atoms with Gasteiger partial charge < -0.3 is 10.2 Å². The summed E-state index contributed by atoms with van der Waals surface area (Å²) in [7, 11) is 0. The van der Waals surface area contributed by atoms with Crippen LogP contribution in [0.5, 0.6) is 0 Å². The Hall–Kier alpha value is -1.87. The van der Waals surface area contributed by atoms with Gasteiger partial charge in [0.05, 0.1) is 0 Å². The second-order valence-corrected chi connectivity index (χ2v) is 7.38. The lowest BCUT2D eigenvalue weighted by molar-refractivity contribution is 0.298. The molecule has 1 saturated carbocycles. The van der Waals surface area contributed by atoms with Gasteiger partial charge in [0.25, 0.3) is 0 Å². The Morgan fingerprint density at radius 3 is 2.33 bits per heavy atom. The maximum absolute atomic E-state index is 5.78. The van der Waals surface area contributed by atoms with Crippen LogP contribution in [0.1, 0.15) is 36.5 Å². The zero-order valence-electron chi connectivity index (χ0n) is 14.8. The first-order valence-electron chi connectivity index (χ1n) is 8.73. The van der Waals surface area contributed by atoms with Crippen molar-refractivity contribution >= 4 is 23.0 Å². The molecule has 0 amide bonds. The first-order chi connectivity index (χ1) is 11.5.